The van der Waals surface area contributed by atoms with Crippen LogP contribution in [0.5, 0.6) is 0 Å². The Morgan fingerprint density at radius 2 is 1.52 bits per heavy atom. The van der Waals surface area contributed by atoms with Gasteiger partial charge in [0.2, 0.25) is 5.91 Å². The van der Waals surface area contributed by atoms with Crippen molar-refractivity contribution in [2.24, 2.45) is 5.92 Å². The molecule has 0 spiro atoms. The van der Waals surface area contributed by atoms with Crippen molar-refractivity contribution in [3.63, 3.8) is 0 Å². The van der Waals surface area contributed by atoms with Gasteiger partial charge < -0.3 is 14.6 Å². The Bertz CT molecular complexity index is 593. The molecule has 1 aliphatic heterocycles. The molecule has 7 heteroatoms. The molecule has 0 atom stereocenters. The third kappa shape index (κ3) is 3.40. The molecule has 0 aromatic heterocycles. The van der Waals surface area contributed by atoms with E-state index in [2.05, 4.69) is 5.32 Å². The van der Waals surface area contributed by atoms with E-state index in [4.69, 9.17) is 9.31 Å². The summed E-state index contributed by atoms with van der Waals surface area (Å²) in [4.78, 5) is 11.6. The van der Waals surface area contributed by atoms with Gasteiger partial charge in [-0.15, -0.1) is 0 Å². The molecule has 1 heterocycles. The third-order valence-corrected chi connectivity index (χ3v) is 4.36. The summed E-state index contributed by atoms with van der Waals surface area (Å²) in [7, 11) is -1.13. The highest BCUT2D eigenvalue weighted by atomic mass is 19.1. The largest absolute Gasteiger partial charge is 0.500 e. The first-order valence-corrected chi connectivity index (χ1v) is 7.60. The summed E-state index contributed by atoms with van der Waals surface area (Å²) < 4.78 is 40.1. The van der Waals surface area contributed by atoms with Gasteiger partial charge in [0.15, 0.2) is 0 Å². The molecule has 1 aromatic rings. The number of nitrogens with one attached hydrogen (secondary N) is 1. The molecule has 0 bridgehead atoms. The van der Waals surface area contributed by atoms with Gasteiger partial charge in [0, 0.05) is 11.6 Å². The van der Waals surface area contributed by atoms with Crippen LogP contribution in [0.2, 0.25) is 0 Å². The monoisotopic (exact) mass is 325 g/mol. The van der Waals surface area contributed by atoms with Gasteiger partial charge in [-0.05, 0) is 39.8 Å². The van der Waals surface area contributed by atoms with Crippen LogP contribution in [0, 0.1) is 17.6 Å². The molecule has 0 saturated carbocycles. The molecule has 0 aliphatic carbocycles. The van der Waals surface area contributed by atoms with Crippen LogP contribution in [0.15, 0.2) is 12.1 Å². The summed E-state index contributed by atoms with van der Waals surface area (Å²) >= 11 is 0. The number of benzene rings is 1. The molecule has 2 rings (SSSR count). The van der Waals surface area contributed by atoms with Gasteiger partial charge >= 0.3 is 7.12 Å². The zero-order chi connectivity index (χ0) is 17.6. The van der Waals surface area contributed by atoms with E-state index in [9.17, 15) is 13.6 Å². The predicted molar refractivity (Wildman–Crippen MR) is 85.5 cm³/mol. The summed E-state index contributed by atoms with van der Waals surface area (Å²) in [6.07, 6.45) is 0. The fourth-order valence-corrected chi connectivity index (χ4v) is 2.13. The maximum Gasteiger partial charge on any atom is 0.500 e. The average molecular weight is 325 g/mol. The zero-order valence-corrected chi connectivity index (χ0v) is 14.3. The summed E-state index contributed by atoms with van der Waals surface area (Å²) in [5.41, 5.74) is -1.60. The smallest absolute Gasteiger partial charge is 0.399 e. The number of carbonyl (C=O) groups is 1. The predicted octanol–water partition coefficient (Wildman–Crippen LogP) is 2.86. The van der Waals surface area contributed by atoms with Gasteiger partial charge in [0.1, 0.15) is 11.6 Å². The number of amides is 1. The Morgan fingerprint density at radius 3 is 1.91 bits per heavy atom. The lowest BCUT2D eigenvalue weighted by atomic mass is 9.78. The van der Waals surface area contributed by atoms with Crippen molar-refractivity contribution in [1.82, 2.24) is 0 Å². The maximum absolute atomic E-state index is 14.4. The minimum Gasteiger partial charge on any atom is -0.399 e. The highest BCUT2D eigenvalue weighted by molar-refractivity contribution is 6.62. The van der Waals surface area contributed by atoms with Crippen LogP contribution in [-0.2, 0) is 14.1 Å². The second kappa shape index (κ2) is 5.87. The van der Waals surface area contributed by atoms with E-state index in [0.717, 1.165) is 12.1 Å². The Balaban J connectivity index is 2.31. The van der Waals surface area contributed by atoms with Crippen molar-refractivity contribution < 1.29 is 22.9 Å². The fourth-order valence-electron chi connectivity index (χ4n) is 2.13. The zero-order valence-electron chi connectivity index (χ0n) is 14.3. The molecule has 126 valence electrons. The van der Waals surface area contributed by atoms with E-state index in [1.165, 1.54) is 0 Å². The van der Waals surface area contributed by atoms with Gasteiger partial charge in [-0.2, -0.15) is 0 Å². The van der Waals surface area contributed by atoms with Crippen molar-refractivity contribution in [2.75, 3.05) is 5.32 Å². The number of anilines is 1. The molecular formula is C16H22BF2NO3. The average Bonchev–Trinajstić information content (AvgIpc) is 2.56. The van der Waals surface area contributed by atoms with E-state index in [1.54, 1.807) is 41.5 Å². The normalized spacial score (nSPS) is 19.3. The molecule has 1 saturated heterocycles. The molecule has 1 amide bonds. The molecule has 1 fully saturated rings. The summed E-state index contributed by atoms with van der Waals surface area (Å²) in [6.45, 7) is 10.6. The second-order valence-corrected chi connectivity index (χ2v) is 7.09. The highest BCUT2D eigenvalue weighted by Crippen LogP contribution is 2.37. The first-order valence-electron chi connectivity index (χ1n) is 7.60. The van der Waals surface area contributed by atoms with Crippen molar-refractivity contribution in [2.45, 2.75) is 52.7 Å². The first kappa shape index (κ1) is 17.9. The number of rotatable bonds is 3. The lowest BCUT2D eigenvalue weighted by Gasteiger charge is -2.32. The quantitative estimate of drug-likeness (QED) is 0.870. The van der Waals surface area contributed by atoms with Gasteiger partial charge in [-0.3, -0.25) is 4.79 Å². The SMILES string of the molecule is CC(C)C(=O)Nc1cc(F)c(B2OC(C)(C)C(C)(C)O2)c(F)c1. The molecule has 0 unspecified atom stereocenters. The van der Waals surface area contributed by atoms with E-state index in [1.807, 2.05) is 0 Å². The summed E-state index contributed by atoms with van der Waals surface area (Å²) in [6, 6.07) is 2.15. The van der Waals surface area contributed by atoms with Crippen LogP contribution in [0.3, 0.4) is 0 Å². The number of halogens is 2. The molecular weight excluding hydrogens is 303 g/mol. The molecule has 0 radical (unpaired) electrons. The van der Waals surface area contributed by atoms with Gasteiger partial charge in [0.25, 0.3) is 0 Å². The second-order valence-electron chi connectivity index (χ2n) is 7.09. The van der Waals surface area contributed by atoms with Crippen LogP contribution in [-0.4, -0.2) is 24.2 Å². The van der Waals surface area contributed by atoms with Crippen LogP contribution < -0.4 is 10.8 Å². The van der Waals surface area contributed by atoms with Crippen LogP contribution in [0.4, 0.5) is 14.5 Å². The lowest BCUT2D eigenvalue weighted by Crippen LogP contribution is -2.41. The number of hydrogen-bond donors (Lipinski definition) is 1. The molecule has 1 aromatic carbocycles. The molecule has 1 aliphatic rings. The number of carbonyl (C=O) groups excluding carboxylic acids is 1. The van der Waals surface area contributed by atoms with Crippen molar-refractivity contribution in [1.29, 1.82) is 0 Å². The standard InChI is InChI=1S/C16H22BF2NO3/c1-9(2)14(21)20-10-7-11(18)13(12(19)8-10)17-22-15(3,4)16(5,6)23-17/h7-9H,1-6H3,(H,20,21). The van der Waals surface area contributed by atoms with Crippen LogP contribution >= 0.6 is 0 Å². The van der Waals surface area contributed by atoms with Crippen molar-refractivity contribution in [3.05, 3.63) is 23.8 Å². The first-order chi connectivity index (χ1) is 10.4. The maximum atomic E-state index is 14.4. The van der Waals surface area contributed by atoms with Gasteiger partial charge in [-0.1, -0.05) is 13.8 Å². The number of hydrogen-bond acceptors (Lipinski definition) is 3. The molecule has 23 heavy (non-hydrogen) atoms. The van der Waals surface area contributed by atoms with Crippen LogP contribution in [0.25, 0.3) is 0 Å². The van der Waals surface area contributed by atoms with E-state index >= 15 is 0 Å². The van der Waals surface area contributed by atoms with Crippen molar-refractivity contribution in [3.8, 4) is 0 Å². The minimum atomic E-state index is -1.13. The highest BCUT2D eigenvalue weighted by Gasteiger charge is 2.53. The minimum absolute atomic E-state index is 0.0685. The van der Waals surface area contributed by atoms with Gasteiger partial charge in [0.05, 0.1) is 16.7 Å². The Hall–Kier alpha value is -1.47. The topological polar surface area (TPSA) is 47.6 Å². The third-order valence-electron chi connectivity index (χ3n) is 4.36. The van der Waals surface area contributed by atoms with Crippen LogP contribution in [0.1, 0.15) is 41.5 Å². The molecule has 1 N–H and O–H groups in total. The van der Waals surface area contributed by atoms with E-state index in [-0.39, 0.29) is 23.0 Å². The fraction of sp³-hybridized carbons (Fsp3) is 0.562. The lowest BCUT2D eigenvalue weighted by molar-refractivity contribution is -0.118. The Morgan fingerprint density at radius 1 is 1.09 bits per heavy atom. The summed E-state index contributed by atoms with van der Waals surface area (Å²) in [5.74, 6) is -2.24. The van der Waals surface area contributed by atoms with Crippen molar-refractivity contribution >= 4 is 24.2 Å². The van der Waals surface area contributed by atoms with E-state index < -0.39 is 30.0 Å². The molecule has 4 nitrogen and oxygen atoms in total. The summed E-state index contributed by atoms with van der Waals surface area (Å²) in [5, 5.41) is 2.47. The Kier molecular flexibility index (Phi) is 4.56. The van der Waals surface area contributed by atoms with Gasteiger partial charge in [-0.25, -0.2) is 8.78 Å². The van der Waals surface area contributed by atoms with E-state index in [0.29, 0.717) is 0 Å². The Labute approximate surface area is 135 Å².